The largest absolute Gasteiger partial charge is 0.481 e. The first kappa shape index (κ1) is 18.7. The van der Waals surface area contributed by atoms with Gasteiger partial charge in [-0.1, -0.05) is 49.4 Å². The molecule has 132 valence electrons. The maximum absolute atomic E-state index is 12.8. The van der Waals surface area contributed by atoms with Gasteiger partial charge in [-0.2, -0.15) is 0 Å². The first-order valence-corrected chi connectivity index (χ1v) is 8.38. The molecule has 0 bridgehead atoms. The fraction of sp³-hybridized carbons (Fsp3) is 0.300. The molecule has 0 aliphatic rings. The molecule has 5 nitrogen and oxygen atoms in total. The number of nitrogens with one attached hydrogen (secondary N) is 1. The van der Waals surface area contributed by atoms with Gasteiger partial charge in [-0.05, 0) is 43.3 Å². The van der Waals surface area contributed by atoms with Gasteiger partial charge in [0.15, 0.2) is 0 Å². The van der Waals surface area contributed by atoms with E-state index in [4.69, 9.17) is 5.11 Å². The standard InChI is InChI=1S/C20H24N2O3/c1-3-22(2)19(16-9-5-4-6-10-16)20(25)21-17-11-7-8-15(14-17)12-13-18(23)24/h4-11,14,19H,3,12-13H2,1-2H3,(H,21,25)(H,23,24). The van der Waals surface area contributed by atoms with Gasteiger partial charge in [-0.15, -0.1) is 0 Å². The maximum atomic E-state index is 12.8. The second kappa shape index (κ2) is 8.99. The van der Waals surface area contributed by atoms with E-state index in [1.54, 1.807) is 0 Å². The molecule has 1 amide bonds. The van der Waals surface area contributed by atoms with Gasteiger partial charge in [0.2, 0.25) is 5.91 Å². The Kier molecular flexibility index (Phi) is 6.71. The highest BCUT2D eigenvalue weighted by Crippen LogP contribution is 2.22. The number of carbonyl (C=O) groups excluding carboxylic acids is 1. The minimum Gasteiger partial charge on any atom is -0.481 e. The third kappa shape index (κ3) is 5.43. The van der Waals surface area contributed by atoms with Gasteiger partial charge < -0.3 is 10.4 Å². The Morgan fingerprint density at radius 1 is 1.12 bits per heavy atom. The Morgan fingerprint density at radius 2 is 1.84 bits per heavy atom. The lowest BCUT2D eigenvalue weighted by Gasteiger charge is -2.26. The highest BCUT2D eigenvalue weighted by molar-refractivity contribution is 5.95. The number of benzene rings is 2. The van der Waals surface area contributed by atoms with Gasteiger partial charge in [-0.3, -0.25) is 14.5 Å². The number of hydrogen-bond donors (Lipinski definition) is 2. The minimum atomic E-state index is -0.830. The second-order valence-electron chi connectivity index (χ2n) is 5.97. The fourth-order valence-corrected chi connectivity index (χ4v) is 2.69. The zero-order valence-electron chi connectivity index (χ0n) is 14.6. The zero-order chi connectivity index (χ0) is 18.2. The molecule has 2 N–H and O–H groups in total. The van der Waals surface area contributed by atoms with E-state index in [0.29, 0.717) is 12.1 Å². The first-order valence-electron chi connectivity index (χ1n) is 8.38. The third-order valence-corrected chi connectivity index (χ3v) is 4.13. The summed E-state index contributed by atoms with van der Waals surface area (Å²) in [6.45, 7) is 2.75. The average Bonchev–Trinajstić information content (AvgIpc) is 2.61. The van der Waals surface area contributed by atoms with E-state index in [9.17, 15) is 9.59 Å². The van der Waals surface area contributed by atoms with E-state index in [2.05, 4.69) is 5.32 Å². The Hall–Kier alpha value is -2.66. The van der Waals surface area contributed by atoms with Crippen molar-refractivity contribution in [2.75, 3.05) is 18.9 Å². The normalized spacial score (nSPS) is 12.0. The van der Waals surface area contributed by atoms with Crippen LogP contribution < -0.4 is 5.32 Å². The Bertz CT molecular complexity index is 716. The third-order valence-electron chi connectivity index (χ3n) is 4.13. The molecule has 1 unspecified atom stereocenters. The SMILES string of the molecule is CCN(C)C(C(=O)Nc1cccc(CCC(=O)O)c1)c1ccccc1. The highest BCUT2D eigenvalue weighted by Gasteiger charge is 2.24. The lowest BCUT2D eigenvalue weighted by Crippen LogP contribution is -2.34. The molecule has 1 atom stereocenters. The number of likely N-dealkylation sites (N-methyl/N-ethyl adjacent to an activating group) is 1. The predicted molar refractivity (Wildman–Crippen MR) is 98.5 cm³/mol. The number of carbonyl (C=O) groups is 2. The van der Waals surface area contributed by atoms with Crippen LogP contribution in [0.1, 0.15) is 30.5 Å². The molecule has 0 saturated heterocycles. The molecule has 0 saturated carbocycles. The van der Waals surface area contributed by atoms with Gasteiger partial charge in [0.25, 0.3) is 0 Å². The van der Waals surface area contributed by atoms with Crippen molar-refractivity contribution in [3.63, 3.8) is 0 Å². The van der Waals surface area contributed by atoms with Crippen molar-refractivity contribution in [3.8, 4) is 0 Å². The number of hydrogen-bond acceptors (Lipinski definition) is 3. The summed E-state index contributed by atoms with van der Waals surface area (Å²) in [6, 6.07) is 16.6. The fourth-order valence-electron chi connectivity index (χ4n) is 2.69. The molecule has 0 spiro atoms. The molecule has 0 radical (unpaired) electrons. The van der Waals surface area contributed by atoms with Crippen molar-refractivity contribution in [2.24, 2.45) is 0 Å². The van der Waals surface area contributed by atoms with Gasteiger partial charge >= 0.3 is 5.97 Å². The molecule has 2 aromatic carbocycles. The van der Waals surface area contributed by atoms with Crippen LogP contribution in [0, 0.1) is 0 Å². The number of rotatable bonds is 8. The molecule has 0 aromatic heterocycles. The van der Waals surface area contributed by atoms with E-state index in [0.717, 1.165) is 17.7 Å². The number of nitrogens with zero attached hydrogens (tertiary/aromatic N) is 1. The summed E-state index contributed by atoms with van der Waals surface area (Å²) in [4.78, 5) is 25.5. The van der Waals surface area contributed by atoms with Crippen LogP contribution >= 0.6 is 0 Å². The molecule has 0 fully saturated rings. The summed E-state index contributed by atoms with van der Waals surface area (Å²) in [5, 5.41) is 11.8. The van der Waals surface area contributed by atoms with Gasteiger partial charge in [-0.25, -0.2) is 0 Å². The van der Waals surface area contributed by atoms with Crippen LogP contribution in [0.2, 0.25) is 0 Å². The molecule has 0 aliphatic heterocycles. The number of aryl methyl sites for hydroxylation is 1. The maximum Gasteiger partial charge on any atom is 0.303 e. The summed E-state index contributed by atoms with van der Waals surface area (Å²) in [5.74, 6) is -0.936. The average molecular weight is 340 g/mol. The molecule has 25 heavy (non-hydrogen) atoms. The quantitative estimate of drug-likeness (QED) is 0.773. The lowest BCUT2D eigenvalue weighted by atomic mass is 10.0. The number of anilines is 1. The molecule has 5 heteroatoms. The van der Waals surface area contributed by atoms with Crippen LogP contribution in [0.5, 0.6) is 0 Å². The van der Waals surface area contributed by atoms with Crippen LogP contribution in [0.15, 0.2) is 54.6 Å². The van der Waals surface area contributed by atoms with Crippen molar-refractivity contribution in [2.45, 2.75) is 25.8 Å². The predicted octanol–water partition coefficient (Wildman–Crippen LogP) is 3.34. The molecular formula is C20H24N2O3. The highest BCUT2D eigenvalue weighted by atomic mass is 16.4. The lowest BCUT2D eigenvalue weighted by molar-refractivity contribution is -0.137. The number of carboxylic acid groups (broad SMARTS) is 1. The van der Waals surface area contributed by atoms with Crippen molar-refractivity contribution >= 4 is 17.6 Å². The molecule has 2 rings (SSSR count). The van der Waals surface area contributed by atoms with Crippen LogP contribution in [0.4, 0.5) is 5.69 Å². The van der Waals surface area contributed by atoms with Gasteiger partial charge in [0.05, 0.1) is 0 Å². The molecule has 0 heterocycles. The van der Waals surface area contributed by atoms with Crippen molar-refractivity contribution in [1.29, 1.82) is 0 Å². The minimum absolute atomic E-state index is 0.0720. The van der Waals surface area contributed by atoms with E-state index in [1.807, 2.05) is 73.5 Å². The zero-order valence-corrected chi connectivity index (χ0v) is 14.6. The number of aliphatic carboxylic acids is 1. The van der Waals surface area contributed by atoms with Crippen LogP contribution in [-0.4, -0.2) is 35.5 Å². The van der Waals surface area contributed by atoms with Crippen molar-refractivity contribution in [1.82, 2.24) is 4.90 Å². The van der Waals surface area contributed by atoms with Crippen LogP contribution in [0.25, 0.3) is 0 Å². The Labute approximate surface area is 148 Å². The van der Waals surface area contributed by atoms with Gasteiger partial charge in [0.1, 0.15) is 6.04 Å². The summed E-state index contributed by atoms with van der Waals surface area (Å²) < 4.78 is 0. The molecule has 0 aliphatic carbocycles. The van der Waals surface area contributed by atoms with Gasteiger partial charge in [0, 0.05) is 12.1 Å². The summed E-state index contributed by atoms with van der Waals surface area (Å²) in [5.41, 5.74) is 2.50. The van der Waals surface area contributed by atoms with E-state index >= 15 is 0 Å². The number of amides is 1. The Balaban J connectivity index is 2.15. The topological polar surface area (TPSA) is 69.6 Å². The first-order chi connectivity index (χ1) is 12.0. The molecule has 2 aromatic rings. The van der Waals surface area contributed by atoms with Crippen molar-refractivity contribution < 1.29 is 14.7 Å². The summed E-state index contributed by atoms with van der Waals surface area (Å²) >= 11 is 0. The van der Waals surface area contributed by atoms with E-state index in [1.165, 1.54) is 0 Å². The summed E-state index contributed by atoms with van der Waals surface area (Å²) in [6.07, 6.45) is 0.513. The van der Waals surface area contributed by atoms with E-state index < -0.39 is 5.97 Å². The second-order valence-corrected chi connectivity index (χ2v) is 5.97. The molecular weight excluding hydrogens is 316 g/mol. The van der Waals surface area contributed by atoms with Crippen molar-refractivity contribution in [3.05, 3.63) is 65.7 Å². The van der Waals surface area contributed by atoms with Crippen LogP contribution in [-0.2, 0) is 16.0 Å². The Morgan fingerprint density at radius 3 is 2.48 bits per heavy atom. The van der Waals surface area contributed by atoms with Crippen LogP contribution in [0.3, 0.4) is 0 Å². The van der Waals surface area contributed by atoms with E-state index in [-0.39, 0.29) is 18.4 Å². The number of carboxylic acids is 1. The summed E-state index contributed by atoms with van der Waals surface area (Å²) in [7, 11) is 1.92. The smallest absolute Gasteiger partial charge is 0.303 e. The monoisotopic (exact) mass is 340 g/mol.